The minimum Gasteiger partial charge on any atom is -0.378 e. The predicted molar refractivity (Wildman–Crippen MR) is 97.2 cm³/mol. The second-order valence-corrected chi connectivity index (χ2v) is 6.29. The molecule has 1 atom stereocenters. The van der Waals surface area contributed by atoms with Gasteiger partial charge in [-0.15, -0.1) is 0 Å². The van der Waals surface area contributed by atoms with Gasteiger partial charge in [-0.3, -0.25) is 10.1 Å². The molecule has 1 aromatic heterocycles. The highest BCUT2D eigenvalue weighted by Gasteiger charge is 2.17. The molecule has 1 saturated heterocycles. The Labute approximate surface area is 147 Å². The summed E-state index contributed by atoms with van der Waals surface area (Å²) in [4.78, 5) is 14.6. The van der Waals surface area contributed by atoms with Crippen LogP contribution < -0.4 is 15.5 Å². The van der Waals surface area contributed by atoms with E-state index < -0.39 is 6.04 Å². The monoisotopic (exact) mass is 344 g/mol. The second-order valence-electron chi connectivity index (χ2n) is 6.29. The zero-order valence-corrected chi connectivity index (χ0v) is 14.8. The fraction of sp³-hybridized carbons (Fsp3) is 0.444. The van der Waals surface area contributed by atoms with Crippen molar-refractivity contribution in [3.05, 3.63) is 35.5 Å². The maximum Gasteiger partial charge on any atom is 0.248 e. The molecule has 1 aliphatic rings. The van der Waals surface area contributed by atoms with Gasteiger partial charge in [-0.05, 0) is 44.5 Å². The molecule has 1 aromatic carbocycles. The van der Waals surface area contributed by atoms with Crippen molar-refractivity contribution in [1.82, 2.24) is 5.16 Å². The van der Waals surface area contributed by atoms with Crippen LogP contribution in [0.3, 0.4) is 0 Å². The number of nitrogens with zero attached hydrogens (tertiary/aromatic N) is 2. The van der Waals surface area contributed by atoms with Crippen LogP contribution in [-0.4, -0.2) is 43.4 Å². The van der Waals surface area contributed by atoms with Crippen LogP contribution in [0.15, 0.2) is 28.8 Å². The lowest BCUT2D eigenvalue weighted by Gasteiger charge is -2.29. The van der Waals surface area contributed by atoms with E-state index in [9.17, 15) is 4.79 Å². The topological polar surface area (TPSA) is 79.6 Å². The molecule has 0 aliphatic carbocycles. The Morgan fingerprint density at radius 3 is 2.64 bits per heavy atom. The lowest BCUT2D eigenvalue weighted by atomic mass is 10.1. The maximum absolute atomic E-state index is 12.3. The summed E-state index contributed by atoms with van der Waals surface area (Å²) in [5.74, 6) is 0.184. The molecular formula is C18H24N4O3. The third kappa shape index (κ3) is 4.30. The molecule has 2 N–H and O–H groups in total. The molecule has 3 rings (SSSR count). The average molecular weight is 344 g/mol. The Morgan fingerprint density at radius 2 is 2.00 bits per heavy atom. The summed E-state index contributed by atoms with van der Waals surface area (Å²) in [6.07, 6.45) is 0. The van der Waals surface area contributed by atoms with E-state index in [0.717, 1.165) is 43.2 Å². The first kappa shape index (κ1) is 17.3. The van der Waals surface area contributed by atoms with Crippen molar-refractivity contribution < 1.29 is 14.1 Å². The van der Waals surface area contributed by atoms with E-state index in [0.29, 0.717) is 5.88 Å². The third-order valence-electron chi connectivity index (χ3n) is 4.23. The number of benzene rings is 1. The van der Waals surface area contributed by atoms with Crippen LogP contribution in [0.25, 0.3) is 0 Å². The largest absolute Gasteiger partial charge is 0.378 e. The SMILES string of the molecule is Cc1cc(NC(=O)[C@@H](C)Nc2ccc(N3CCOCC3)cc2C)on1. The molecule has 134 valence electrons. The number of ether oxygens (including phenoxy) is 1. The summed E-state index contributed by atoms with van der Waals surface area (Å²) in [7, 11) is 0. The van der Waals surface area contributed by atoms with E-state index >= 15 is 0 Å². The first-order valence-corrected chi connectivity index (χ1v) is 8.47. The van der Waals surface area contributed by atoms with Crippen LogP contribution >= 0.6 is 0 Å². The first-order valence-electron chi connectivity index (χ1n) is 8.47. The highest BCUT2D eigenvalue weighted by atomic mass is 16.5. The number of rotatable bonds is 5. The number of carbonyl (C=O) groups excluding carboxylic acids is 1. The summed E-state index contributed by atoms with van der Waals surface area (Å²) in [5.41, 5.74) is 3.94. The molecule has 7 heteroatoms. The van der Waals surface area contributed by atoms with Gasteiger partial charge in [-0.2, -0.15) is 0 Å². The quantitative estimate of drug-likeness (QED) is 0.868. The van der Waals surface area contributed by atoms with E-state index in [4.69, 9.17) is 9.26 Å². The molecule has 0 spiro atoms. The minimum absolute atomic E-state index is 0.173. The Balaban J connectivity index is 1.62. The number of morpholine rings is 1. The van der Waals surface area contributed by atoms with E-state index in [1.807, 2.05) is 19.9 Å². The molecule has 2 heterocycles. The Hall–Kier alpha value is -2.54. The second kappa shape index (κ2) is 7.57. The summed E-state index contributed by atoms with van der Waals surface area (Å²) in [5, 5.41) is 9.72. The highest BCUT2D eigenvalue weighted by molar-refractivity contribution is 5.95. The van der Waals surface area contributed by atoms with Gasteiger partial charge >= 0.3 is 0 Å². The zero-order chi connectivity index (χ0) is 17.8. The highest BCUT2D eigenvalue weighted by Crippen LogP contribution is 2.24. The van der Waals surface area contributed by atoms with Crippen LogP contribution in [0.1, 0.15) is 18.2 Å². The van der Waals surface area contributed by atoms with Gasteiger partial charge in [0.2, 0.25) is 11.8 Å². The van der Waals surface area contributed by atoms with Crippen molar-refractivity contribution in [2.45, 2.75) is 26.8 Å². The molecule has 7 nitrogen and oxygen atoms in total. The van der Waals surface area contributed by atoms with Crippen molar-refractivity contribution in [3.63, 3.8) is 0 Å². The van der Waals surface area contributed by atoms with Gasteiger partial charge in [0.1, 0.15) is 6.04 Å². The van der Waals surface area contributed by atoms with Crippen LogP contribution in [-0.2, 0) is 9.53 Å². The van der Waals surface area contributed by atoms with E-state index in [2.05, 4.69) is 32.8 Å². The fourth-order valence-electron chi connectivity index (χ4n) is 2.78. The molecule has 1 amide bonds. The van der Waals surface area contributed by atoms with Crippen LogP contribution in [0.4, 0.5) is 17.3 Å². The third-order valence-corrected chi connectivity index (χ3v) is 4.23. The number of amides is 1. The molecular weight excluding hydrogens is 320 g/mol. The minimum atomic E-state index is -0.404. The van der Waals surface area contributed by atoms with Crippen LogP contribution in [0.5, 0.6) is 0 Å². The smallest absolute Gasteiger partial charge is 0.248 e. The lowest BCUT2D eigenvalue weighted by molar-refractivity contribution is -0.116. The number of carbonyl (C=O) groups is 1. The van der Waals surface area contributed by atoms with E-state index in [-0.39, 0.29) is 5.91 Å². The van der Waals surface area contributed by atoms with Crippen molar-refractivity contribution in [1.29, 1.82) is 0 Å². The Kier molecular flexibility index (Phi) is 5.23. The van der Waals surface area contributed by atoms with Gasteiger partial charge < -0.3 is 19.5 Å². The summed E-state index contributed by atoms with van der Waals surface area (Å²) in [6.45, 7) is 8.99. The van der Waals surface area contributed by atoms with Gasteiger partial charge in [-0.1, -0.05) is 5.16 Å². The zero-order valence-electron chi connectivity index (χ0n) is 14.8. The van der Waals surface area contributed by atoms with E-state index in [1.54, 1.807) is 13.0 Å². The molecule has 0 radical (unpaired) electrons. The van der Waals surface area contributed by atoms with Gasteiger partial charge in [0, 0.05) is 30.5 Å². The molecule has 25 heavy (non-hydrogen) atoms. The van der Waals surface area contributed by atoms with Crippen LogP contribution in [0, 0.1) is 13.8 Å². The van der Waals surface area contributed by atoms with Crippen molar-refractivity contribution in [2.24, 2.45) is 0 Å². The summed E-state index contributed by atoms with van der Waals surface area (Å²) in [6, 6.07) is 7.51. The van der Waals surface area contributed by atoms with Crippen LogP contribution in [0.2, 0.25) is 0 Å². The number of hydrogen-bond acceptors (Lipinski definition) is 6. The molecule has 0 bridgehead atoms. The number of nitrogens with one attached hydrogen (secondary N) is 2. The molecule has 2 aromatic rings. The predicted octanol–water partition coefficient (Wildman–Crippen LogP) is 2.57. The Morgan fingerprint density at radius 1 is 1.24 bits per heavy atom. The maximum atomic E-state index is 12.3. The Bertz CT molecular complexity index is 738. The summed E-state index contributed by atoms with van der Waals surface area (Å²) < 4.78 is 10.4. The first-order chi connectivity index (χ1) is 12.0. The molecule has 0 saturated carbocycles. The van der Waals surface area contributed by atoms with Crippen molar-refractivity contribution in [2.75, 3.05) is 41.8 Å². The number of hydrogen-bond donors (Lipinski definition) is 2. The number of aromatic nitrogens is 1. The van der Waals surface area contributed by atoms with Gasteiger partial charge in [0.05, 0.1) is 18.9 Å². The summed E-state index contributed by atoms with van der Waals surface area (Å²) >= 11 is 0. The molecule has 1 aliphatic heterocycles. The lowest BCUT2D eigenvalue weighted by Crippen LogP contribution is -2.36. The van der Waals surface area contributed by atoms with Crippen molar-refractivity contribution >= 4 is 23.2 Å². The fourth-order valence-corrected chi connectivity index (χ4v) is 2.78. The van der Waals surface area contributed by atoms with Gasteiger partial charge in [0.25, 0.3) is 0 Å². The number of anilines is 3. The molecule has 1 fully saturated rings. The van der Waals surface area contributed by atoms with Crippen molar-refractivity contribution in [3.8, 4) is 0 Å². The van der Waals surface area contributed by atoms with Gasteiger partial charge in [0.15, 0.2) is 0 Å². The molecule has 0 unspecified atom stereocenters. The number of aryl methyl sites for hydroxylation is 2. The van der Waals surface area contributed by atoms with Gasteiger partial charge in [-0.25, -0.2) is 0 Å². The normalized spacial score (nSPS) is 15.7. The average Bonchev–Trinajstić information content (AvgIpc) is 3.02. The van der Waals surface area contributed by atoms with E-state index in [1.165, 1.54) is 5.69 Å². The standard InChI is InChI=1S/C18H24N4O3/c1-12-10-15(22-6-8-24-9-7-22)4-5-16(12)19-14(3)18(23)20-17-11-13(2)21-25-17/h4-5,10-11,14,19H,6-9H2,1-3H3,(H,20,23)/t14-/m1/s1.